The molecule has 0 fully saturated rings. The first-order chi connectivity index (χ1) is 8.58. The average molecular weight is 379 g/mol. The number of rotatable bonds is 6. The molecule has 0 aromatic heterocycles. The summed E-state index contributed by atoms with van der Waals surface area (Å²) in [7, 11) is 1.58. The van der Waals surface area contributed by atoms with Crippen molar-refractivity contribution in [1.82, 2.24) is 5.32 Å². The van der Waals surface area contributed by atoms with Gasteiger partial charge in [-0.05, 0) is 40.5 Å². The molecule has 1 aromatic carbocycles. The predicted octanol–water partition coefficient (Wildman–Crippen LogP) is 3.75. The molecule has 1 unspecified atom stereocenters. The van der Waals surface area contributed by atoms with Crippen LogP contribution in [0.5, 0.6) is 5.75 Å². The topological polar surface area (TPSA) is 38.3 Å². The summed E-state index contributed by atoms with van der Waals surface area (Å²) in [5, 5.41) is 2.90. The van der Waals surface area contributed by atoms with Crippen LogP contribution in [0.1, 0.15) is 30.1 Å². The molecule has 100 valence electrons. The maximum atomic E-state index is 12.0. The number of halogens is 2. The summed E-state index contributed by atoms with van der Waals surface area (Å²) in [5.41, 5.74) is 0.588. The van der Waals surface area contributed by atoms with Crippen LogP contribution in [0.4, 0.5) is 0 Å². The van der Waals surface area contributed by atoms with Gasteiger partial charge in [-0.2, -0.15) is 0 Å². The van der Waals surface area contributed by atoms with E-state index < -0.39 is 0 Å². The van der Waals surface area contributed by atoms with Gasteiger partial charge in [0.15, 0.2) is 0 Å². The Morgan fingerprint density at radius 2 is 2.22 bits per heavy atom. The minimum atomic E-state index is -0.0960. The van der Waals surface area contributed by atoms with Crippen molar-refractivity contribution in [2.45, 2.75) is 24.6 Å². The number of alkyl halides is 1. The molecular formula is C13H17Br2NO2. The molecule has 1 N–H and O–H groups in total. The van der Waals surface area contributed by atoms with Crippen molar-refractivity contribution < 1.29 is 9.53 Å². The summed E-state index contributed by atoms with van der Waals surface area (Å²) in [5.74, 6) is 0.577. The van der Waals surface area contributed by atoms with Gasteiger partial charge in [0, 0.05) is 15.8 Å². The van der Waals surface area contributed by atoms with Crippen LogP contribution in [0.2, 0.25) is 0 Å². The third-order valence-electron chi connectivity index (χ3n) is 2.50. The van der Waals surface area contributed by atoms with Gasteiger partial charge in [0.05, 0.1) is 12.7 Å². The van der Waals surface area contributed by atoms with Crippen molar-refractivity contribution >= 4 is 37.8 Å². The highest BCUT2D eigenvalue weighted by molar-refractivity contribution is 9.10. The van der Waals surface area contributed by atoms with Crippen molar-refractivity contribution in [1.29, 1.82) is 0 Å². The van der Waals surface area contributed by atoms with Crippen LogP contribution in [-0.4, -0.2) is 24.4 Å². The van der Waals surface area contributed by atoms with Crippen LogP contribution in [0.3, 0.4) is 0 Å². The molecular weight excluding hydrogens is 362 g/mol. The zero-order valence-electron chi connectivity index (χ0n) is 10.5. The molecule has 0 radical (unpaired) electrons. The number of carbonyl (C=O) groups is 1. The lowest BCUT2D eigenvalue weighted by atomic mass is 10.2. The van der Waals surface area contributed by atoms with E-state index in [0.717, 1.165) is 17.3 Å². The first-order valence-corrected chi connectivity index (χ1v) is 7.55. The first kappa shape index (κ1) is 15.5. The molecule has 0 aliphatic rings. The predicted molar refractivity (Wildman–Crippen MR) is 80.7 cm³/mol. The van der Waals surface area contributed by atoms with Gasteiger partial charge in [0.1, 0.15) is 5.75 Å². The number of benzene rings is 1. The molecule has 0 saturated carbocycles. The lowest BCUT2D eigenvalue weighted by Gasteiger charge is -2.11. The molecule has 1 aromatic rings. The normalized spacial score (nSPS) is 12.0. The van der Waals surface area contributed by atoms with Crippen LogP contribution < -0.4 is 10.1 Å². The van der Waals surface area contributed by atoms with Gasteiger partial charge in [-0.15, -0.1) is 0 Å². The van der Waals surface area contributed by atoms with Crippen molar-refractivity contribution in [3.05, 3.63) is 28.2 Å². The Bertz CT molecular complexity index is 410. The second-order valence-corrected chi connectivity index (χ2v) is 6.09. The van der Waals surface area contributed by atoms with Gasteiger partial charge >= 0.3 is 0 Å². The third kappa shape index (κ3) is 4.61. The van der Waals surface area contributed by atoms with Gasteiger partial charge in [-0.25, -0.2) is 0 Å². The van der Waals surface area contributed by atoms with Crippen LogP contribution in [0, 0.1) is 0 Å². The molecule has 0 saturated heterocycles. The Morgan fingerprint density at radius 3 is 2.83 bits per heavy atom. The second kappa shape index (κ2) is 7.79. The van der Waals surface area contributed by atoms with Gasteiger partial charge < -0.3 is 10.1 Å². The van der Waals surface area contributed by atoms with Gasteiger partial charge in [0.2, 0.25) is 0 Å². The summed E-state index contributed by atoms with van der Waals surface area (Å²) >= 11 is 6.90. The van der Waals surface area contributed by atoms with Gasteiger partial charge in [-0.3, -0.25) is 4.79 Å². The SMILES string of the molecule is CCCC(Br)CNC(=O)c1cc(OC)ccc1Br. The molecule has 1 atom stereocenters. The highest BCUT2D eigenvalue weighted by Crippen LogP contribution is 2.22. The number of methoxy groups -OCH3 is 1. The van der Waals surface area contributed by atoms with Crippen LogP contribution in [0.25, 0.3) is 0 Å². The maximum Gasteiger partial charge on any atom is 0.252 e. The van der Waals surface area contributed by atoms with Crippen LogP contribution >= 0.6 is 31.9 Å². The van der Waals surface area contributed by atoms with E-state index in [1.54, 1.807) is 13.2 Å². The van der Waals surface area contributed by atoms with E-state index in [9.17, 15) is 4.79 Å². The highest BCUT2D eigenvalue weighted by Gasteiger charge is 2.12. The van der Waals surface area contributed by atoms with E-state index in [2.05, 4.69) is 44.1 Å². The lowest BCUT2D eigenvalue weighted by Crippen LogP contribution is -2.29. The standard InChI is InChI=1S/C13H17Br2NO2/c1-3-4-9(14)8-16-13(17)11-7-10(18-2)5-6-12(11)15/h5-7,9H,3-4,8H2,1-2H3,(H,16,17). The Hall–Kier alpha value is -0.550. The lowest BCUT2D eigenvalue weighted by molar-refractivity contribution is 0.0952. The zero-order valence-corrected chi connectivity index (χ0v) is 13.7. The number of carbonyl (C=O) groups excluding carboxylic acids is 1. The highest BCUT2D eigenvalue weighted by atomic mass is 79.9. The van der Waals surface area contributed by atoms with Crippen molar-refractivity contribution in [2.75, 3.05) is 13.7 Å². The molecule has 3 nitrogen and oxygen atoms in total. The second-order valence-electron chi connectivity index (χ2n) is 3.94. The smallest absolute Gasteiger partial charge is 0.252 e. The molecule has 5 heteroatoms. The van der Waals surface area contributed by atoms with Crippen LogP contribution in [0.15, 0.2) is 22.7 Å². The Kier molecular flexibility index (Phi) is 6.71. The number of hydrogen-bond acceptors (Lipinski definition) is 2. The third-order valence-corrected chi connectivity index (χ3v) is 3.98. The largest absolute Gasteiger partial charge is 0.497 e. The van der Waals surface area contributed by atoms with E-state index in [0.29, 0.717) is 22.7 Å². The molecule has 0 bridgehead atoms. The number of amides is 1. The molecule has 0 heterocycles. The summed E-state index contributed by atoms with van der Waals surface area (Å²) < 4.78 is 5.88. The van der Waals surface area contributed by atoms with E-state index in [4.69, 9.17) is 4.74 Å². The Balaban J connectivity index is 2.66. The van der Waals surface area contributed by atoms with Gasteiger partial charge in [-0.1, -0.05) is 29.3 Å². The van der Waals surface area contributed by atoms with Crippen molar-refractivity contribution in [3.8, 4) is 5.75 Å². The summed E-state index contributed by atoms with van der Waals surface area (Å²) in [6, 6.07) is 5.35. The minimum absolute atomic E-state index is 0.0960. The minimum Gasteiger partial charge on any atom is -0.497 e. The zero-order chi connectivity index (χ0) is 13.5. The molecule has 0 aliphatic carbocycles. The maximum absolute atomic E-state index is 12.0. The van der Waals surface area contributed by atoms with Gasteiger partial charge in [0.25, 0.3) is 5.91 Å². The fraction of sp³-hybridized carbons (Fsp3) is 0.462. The van der Waals surface area contributed by atoms with E-state index >= 15 is 0 Å². The van der Waals surface area contributed by atoms with E-state index in [1.165, 1.54) is 0 Å². The Labute approximate surface area is 125 Å². The summed E-state index contributed by atoms with van der Waals surface area (Å²) in [6.07, 6.45) is 2.13. The molecule has 1 amide bonds. The Morgan fingerprint density at radius 1 is 1.50 bits per heavy atom. The number of nitrogens with one attached hydrogen (secondary N) is 1. The summed E-state index contributed by atoms with van der Waals surface area (Å²) in [6.45, 7) is 2.74. The fourth-order valence-electron chi connectivity index (χ4n) is 1.52. The van der Waals surface area contributed by atoms with Crippen LogP contribution in [-0.2, 0) is 0 Å². The average Bonchev–Trinajstić information content (AvgIpc) is 2.37. The quantitative estimate of drug-likeness (QED) is 0.765. The van der Waals surface area contributed by atoms with E-state index in [-0.39, 0.29) is 5.91 Å². The van der Waals surface area contributed by atoms with Crippen molar-refractivity contribution in [3.63, 3.8) is 0 Å². The van der Waals surface area contributed by atoms with Crippen molar-refractivity contribution in [2.24, 2.45) is 0 Å². The first-order valence-electron chi connectivity index (χ1n) is 5.84. The number of hydrogen-bond donors (Lipinski definition) is 1. The molecule has 0 aliphatic heterocycles. The molecule has 18 heavy (non-hydrogen) atoms. The van der Waals surface area contributed by atoms with E-state index in [1.807, 2.05) is 12.1 Å². The monoisotopic (exact) mass is 377 g/mol. The fourth-order valence-corrected chi connectivity index (χ4v) is 2.57. The summed E-state index contributed by atoms with van der Waals surface area (Å²) in [4.78, 5) is 12.3. The molecule has 1 rings (SSSR count). The molecule has 0 spiro atoms. The number of ether oxygens (including phenoxy) is 1.